The lowest BCUT2D eigenvalue weighted by Gasteiger charge is -2.28. The standard InChI is InChI=1S/C21H26N4O/c26-21(24-19-3-1-2-4-19)17-7-5-16(6-8-17)18-9-10-20(23-15-18)25-13-11-22-12-14-25/h5-10,15,19,22H,1-4,11-14H2,(H,24,26). The van der Waals surface area contributed by atoms with Gasteiger partial charge in [-0.15, -0.1) is 0 Å². The van der Waals surface area contributed by atoms with E-state index < -0.39 is 0 Å². The molecule has 0 spiro atoms. The molecule has 2 fully saturated rings. The van der Waals surface area contributed by atoms with Crippen molar-refractivity contribution in [3.05, 3.63) is 48.2 Å². The van der Waals surface area contributed by atoms with Crippen LogP contribution in [0.5, 0.6) is 0 Å². The summed E-state index contributed by atoms with van der Waals surface area (Å²) in [5.41, 5.74) is 2.89. The van der Waals surface area contributed by atoms with Gasteiger partial charge in [-0.2, -0.15) is 0 Å². The van der Waals surface area contributed by atoms with Crippen molar-refractivity contribution in [2.45, 2.75) is 31.7 Å². The highest BCUT2D eigenvalue weighted by Crippen LogP contribution is 2.22. The summed E-state index contributed by atoms with van der Waals surface area (Å²) in [6, 6.07) is 12.4. The van der Waals surface area contributed by atoms with Crippen LogP contribution in [0.1, 0.15) is 36.0 Å². The first kappa shape index (κ1) is 17.0. The predicted octanol–water partition coefficient (Wildman–Crippen LogP) is 2.83. The van der Waals surface area contributed by atoms with Crippen molar-refractivity contribution in [2.24, 2.45) is 0 Å². The average molecular weight is 350 g/mol. The summed E-state index contributed by atoms with van der Waals surface area (Å²) in [5, 5.41) is 6.49. The van der Waals surface area contributed by atoms with Crippen molar-refractivity contribution in [2.75, 3.05) is 31.1 Å². The van der Waals surface area contributed by atoms with E-state index in [1.807, 2.05) is 30.5 Å². The topological polar surface area (TPSA) is 57.3 Å². The molecule has 0 atom stereocenters. The van der Waals surface area contributed by atoms with Gasteiger partial charge in [-0.05, 0) is 42.7 Å². The summed E-state index contributed by atoms with van der Waals surface area (Å²) in [6.45, 7) is 4.01. The minimum absolute atomic E-state index is 0.0376. The van der Waals surface area contributed by atoms with E-state index in [1.54, 1.807) is 0 Å². The molecule has 4 rings (SSSR count). The largest absolute Gasteiger partial charge is 0.354 e. The molecular formula is C21H26N4O. The lowest BCUT2D eigenvalue weighted by atomic mass is 10.0. The predicted molar refractivity (Wildman–Crippen MR) is 104 cm³/mol. The third kappa shape index (κ3) is 3.88. The van der Waals surface area contributed by atoms with Gasteiger partial charge in [0.1, 0.15) is 5.82 Å². The van der Waals surface area contributed by atoms with Crippen LogP contribution < -0.4 is 15.5 Å². The van der Waals surface area contributed by atoms with Crippen LogP contribution in [0.4, 0.5) is 5.82 Å². The molecule has 2 aliphatic rings. The van der Waals surface area contributed by atoms with Gasteiger partial charge in [-0.3, -0.25) is 4.79 Å². The minimum atomic E-state index is 0.0376. The maximum absolute atomic E-state index is 12.3. The van der Waals surface area contributed by atoms with Gasteiger partial charge in [0.2, 0.25) is 0 Å². The summed E-state index contributed by atoms with van der Waals surface area (Å²) >= 11 is 0. The van der Waals surface area contributed by atoms with Crippen LogP contribution in [0, 0.1) is 0 Å². The molecule has 1 aliphatic heterocycles. The zero-order valence-corrected chi connectivity index (χ0v) is 15.1. The Kier molecular flexibility index (Phi) is 5.16. The number of anilines is 1. The van der Waals surface area contributed by atoms with Crippen LogP contribution in [0.2, 0.25) is 0 Å². The number of carbonyl (C=O) groups is 1. The monoisotopic (exact) mass is 350 g/mol. The summed E-state index contributed by atoms with van der Waals surface area (Å²) in [5.74, 6) is 1.07. The first-order valence-electron chi connectivity index (χ1n) is 9.62. The van der Waals surface area contributed by atoms with E-state index in [-0.39, 0.29) is 5.91 Å². The van der Waals surface area contributed by atoms with Gasteiger partial charge < -0.3 is 15.5 Å². The number of benzene rings is 1. The van der Waals surface area contributed by atoms with Crippen molar-refractivity contribution >= 4 is 11.7 Å². The zero-order chi connectivity index (χ0) is 17.8. The Morgan fingerprint density at radius 3 is 2.35 bits per heavy atom. The van der Waals surface area contributed by atoms with Crippen molar-refractivity contribution in [1.82, 2.24) is 15.6 Å². The highest BCUT2D eigenvalue weighted by molar-refractivity contribution is 5.94. The van der Waals surface area contributed by atoms with E-state index in [1.165, 1.54) is 12.8 Å². The highest BCUT2D eigenvalue weighted by Gasteiger charge is 2.18. The maximum Gasteiger partial charge on any atom is 0.251 e. The van der Waals surface area contributed by atoms with Crippen LogP contribution in [0.3, 0.4) is 0 Å². The quantitative estimate of drug-likeness (QED) is 0.890. The molecule has 1 aromatic carbocycles. The Bertz CT molecular complexity index is 730. The number of pyridine rings is 1. The molecule has 1 saturated heterocycles. The number of amides is 1. The Hall–Kier alpha value is -2.40. The molecule has 2 N–H and O–H groups in total. The second-order valence-corrected chi connectivity index (χ2v) is 7.17. The van der Waals surface area contributed by atoms with Crippen LogP contribution >= 0.6 is 0 Å². The molecule has 1 aliphatic carbocycles. The molecule has 0 bridgehead atoms. The van der Waals surface area contributed by atoms with E-state index in [4.69, 9.17) is 0 Å². The Morgan fingerprint density at radius 2 is 1.69 bits per heavy atom. The molecule has 1 amide bonds. The van der Waals surface area contributed by atoms with Crippen molar-refractivity contribution in [3.63, 3.8) is 0 Å². The first-order chi connectivity index (χ1) is 12.8. The van der Waals surface area contributed by atoms with Gasteiger partial charge in [0.15, 0.2) is 0 Å². The first-order valence-corrected chi connectivity index (χ1v) is 9.62. The summed E-state index contributed by atoms with van der Waals surface area (Å²) in [4.78, 5) is 19.3. The smallest absolute Gasteiger partial charge is 0.251 e. The van der Waals surface area contributed by atoms with Crippen LogP contribution in [0.15, 0.2) is 42.6 Å². The SMILES string of the molecule is O=C(NC1CCCC1)c1ccc(-c2ccc(N3CCNCC3)nc2)cc1. The van der Waals surface area contributed by atoms with Crippen LogP contribution in [-0.2, 0) is 0 Å². The van der Waals surface area contributed by atoms with E-state index in [0.29, 0.717) is 6.04 Å². The second kappa shape index (κ2) is 7.87. The zero-order valence-electron chi connectivity index (χ0n) is 15.1. The number of hydrogen-bond donors (Lipinski definition) is 2. The molecule has 5 heteroatoms. The third-order valence-electron chi connectivity index (χ3n) is 5.36. The lowest BCUT2D eigenvalue weighted by Crippen LogP contribution is -2.43. The van der Waals surface area contributed by atoms with Gasteiger partial charge in [-0.1, -0.05) is 25.0 Å². The van der Waals surface area contributed by atoms with E-state index in [2.05, 4.69) is 32.7 Å². The Morgan fingerprint density at radius 1 is 1.00 bits per heavy atom. The Balaban J connectivity index is 1.42. The summed E-state index contributed by atoms with van der Waals surface area (Å²) in [7, 11) is 0. The summed E-state index contributed by atoms with van der Waals surface area (Å²) < 4.78 is 0. The van der Waals surface area contributed by atoms with Crippen molar-refractivity contribution in [3.8, 4) is 11.1 Å². The van der Waals surface area contributed by atoms with Crippen LogP contribution in [0.25, 0.3) is 11.1 Å². The van der Waals surface area contributed by atoms with E-state index in [0.717, 1.165) is 61.5 Å². The molecule has 136 valence electrons. The average Bonchev–Trinajstić information content (AvgIpc) is 3.22. The molecule has 2 heterocycles. The number of rotatable bonds is 4. The third-order valence-corrected chi connectivity index (χ3v) is 5.36. The number of nitrogens with one attached hydrogen (secondary N) is 2. The molecule has 1 saturated carbocycles. The number of aromatic nitrogens is 1. The highest BCUT2D eigenvalue weighted by atomic mass is 16.1. The fourth-order valence-corrected chi connectivity index (χ4v) is 3.79. The molecule has 5 nitrogen and oxygen atoms in total. The number of hydrogen-bond acceptors (Lipinski definition) is 4. The number of piperazine rings is 1. The van der Waals surface area contributed by atoms with Gasteiger partial charge in [0, 0.05) is 49.5 Å². The maximum atomic E-state index is 12.3. The Labute approximate surface area is 154 Å². The van der Waals surface area contributed by atoms with E-state index >= 15 is 0 Å². The molecule has 1 aromatic heterocycles. The molecule has 0 unspecified atom stereocenters. The second-order valence-electron chi connectivity index (χ2n) is 7.17. The molecular weight excluding hydrogens is 324 g/mol. The van der Waals surface area contributed by atoms with Crippen molar-refractivity contribution < 1.29 is 4.79 Å². The fourth-order valence-electron chi connectivity index (χ4n) is 3.79. The number of carbonyl (C=O) groups excluding carboxylic acids is 1. The normalized spacial score (nSPS) is 18.1. The van der Waals surface area contributed by atoms with Crippen LogP contribution in [-0.4, -0.2) is 43.1 Å². The molecule has 0 radical (unpaired) electrons. The van der Waals surface area contributed by atoms with Gasteiger partial charge in [-0.25, -0.2) is 4.98 Å². The van der Waals surface area contributed by atoms with Gasteiger partial charge >= 0.3 is 0 Å². The van der Waals surface area contributed by atoms with Gasteiger partial charge in [0.05, 0.1) is 0 Å². The number of nitrogens with zero attached hydrogens (tertiary/aromatic N) is 2. The van der Waals surface area contributed by atoms with Gasteiger partial charge in [0.25, 0.3) is 5.91 Å². The fraction of sp³-hybridized carbons (Fsp3) is 0.429. The van der Waals surface area contributed by atoms with E-state index in [9.17, 15) is 4.79 Å². The van der Waals surface area contributed by atoms with Crippen molar-refractivity contribution in [1.29, 1.82) is 0 Å². The lowest BCUT2D eigenvalue weighted by molar-refractivity contribution is 0.0938. The molecule has 2 aromatic rings. The molecule has 26 heavy (non-hydrogen) atoms. The summed E-state index contributed by atoms with van der Waals surface area (Å²) in [6.07, 6.45) is 6.58. The minimum Gasteiger partial charge on any atom is -0.354 e.